The van der Waals surface area contributed by atoms with Crippen molar-refractivity contribution in [1.29, 1.82) is 5.26 Å². The first kappa shape index (κ1) is 14.0. The van der Waals surface area contributed by atoms with Crippen LogP contribution in [0.1, 0.15) is 25.3 Å². The average molecular weight is 245 g/mol. The van der Waals surface area contributed by atoms with Crippen molar-refractivity contribution in [2.45, 2.75) is 26.7 Å². The lowest BCUT2D eigenvalue weighted by atomic mass is 10.2. The van der Waals surface area contributed by atoms with E-state index in [1.807, 2.05) is 37.3 Å². The fourth-order valence-electron chi connectivity index (χ4n) is 1.61. The van der Waals surface area contributed by atoms with E-state index in [1.54, 1.807) is 0 Å². The third-order valence-corrected chi connectivity index (χ3v) is 2.60. The van der Waals surface area contributed by atoms with Gasteiger partial charge in [-0.25, -0.2) is 4.79 Å². The molecule has 0 saturated heterocycles. The Balaban J connectivity index is 2.63. The number of nitriles is 1. The number of unbranched alkanes of at least 4 members (excludes halogenated alkanes) is 1. The third kappa shape index (κ3) is 4.46. The number of hydrogen-bond donors (Lipinski definition) is 1. The van der Waals surface area contributed by atoms with Crippen LogP contribution in [0.3, 0.4) is 0 Å². The number of nitrogens with zero attached hydrogens (tertiary/aromatic N) is 2. The van der Waals surface area contributed by atoms with Crippen LogP contribution in [-0.2, 0) is 0 Å². The second kappa shape index (κ2) is 7.33. The molecule has 0 unspecified atom stereocenters. The molecule has 0 atom stereocenters. The van der Waals surface area contributed by atoms with Crippen molar-refractivity contribution < 1.29 is 4.79 Å². The predicted octanol–water partition coefficient (Wildman–Crippen LogP) is 3.15. The number of anilines is 1. The van der Waals surface area contributed by atoms with Crippen molar-refractivity contribution in [2.24, 2.45) is 0 Å². The van der Waals surface area contributed by atoms with E-state index >= 15 is 0 Å². The third-order valence-electron chi connectivity index (χ3n) is 2.60. The Hall–Kier alpha value is -2.02. The quantitative estimate of drug-likeness (QED) is 0.810. The molecule has 96 valence electrons. The number of carbonyl (C=O) groups is 1. The first-order valence-corrected chi connectivity index (χ1v) is 6.17. The molecule has 2 amide bonds. The number of aryl methyl sites for hydroxylation is 1. The summed E-state index contributed by atoms with van der Waals surface area (Å²) in [5.74, 6) is 0. The number of amides is 2. The van der Waals surface area contributed by atoms with Gasteiger partial charge in [-0.3, -0.25) is 0 Å². The highest BCUT2D eigenvalue weighted by Crippen LogP contribution is 2.10. The van der Waals surface area contributed by atoms with Crippen LogP contribution in [0.15, 0.2) is 24.3 Å². The highest BCUT2D eigenvalue weighted by Gasteiger charge is 2.12. The van der Waals surface area contributed by atoms with E-state index in [1.165, 1.54) is 4.90 Å². The Morgan fingerprint density at radius 1 is 1.50 bits per heavy atom. The lowest BCUT2D eigenvalue weighted by Gasteiger charge is -2.19. The molecule has 0 aliphatic heterocycles. The molecule has 1 N–H and O–H groups in total. The standard InChI is InChI=1S/C14H19N3O/c1-3-4-9-17(10-8-15)14(18)16-13-7-5-6-12(2)11-13/h5-7,11H,3-4,9-10H2,1-2H3,(H,16,18). The Morgan fingerprint density at radius 2 is 2.28 bits per heavy atom. The molecule has 0 radical (unpaired) electrons. The summed E-state index contributed by atoms with van der Waals surface area (Å²) in [7, 11) is 0. The largest absolute Gasteiger partial charge is 0.322 e. The lowest BCUT2D eigenvalue weighted by molar-refractivity contribution is 0.217. The van der Waals surface area contributed by atoms with E-state index in [2.05, 4.69) is 12.2 Å². The van der Waals surface area contributed by atoms with Crippen LogP contribution in [0.2, 0.25) is 0 Å². The molecule has 1 aromatic carbocycles. The lowest BCUT2D eigenvalue weighted by Crippen LogP contribution is -2.36. The number of rotatable bonds is 5. The van der Waals surface area contributed by atoms with Gasteiger partial charge in [0.05, 0.1) is 6.07 Å². The molecule has 0 saturated carbocycles. The molecule has 0 fully saturated rings. The summed E-state index contributed by atoms with van der Waals surface area (Å²) in [6, 6.07) is 9.42. The molecule has 4 nitrogen and oxygen atoms in total. The summed E-state index contributed by atoms with van der Waals surface area (Å²) in [6.45, 7) is 4.77. The van der Waals surface area contributed by atoms with Gasteiger partial charge in [0.15, 0.2) is 0 Å². The van der Waals surface area contributed by atoms with Crippen molar-refractivity contribution >= 4 is 11.7 Å². The Kier molecular flexibility index (Phi) is 5.72. The van der Waals surface area contributed by atoms with Gasteiger partial charge in [-0.1, -0.05) is 25.5 Å². The summed E-state index contributed by atoms with van der Waals surface area (Å²) in [4.78, 5) is 13.5. The fraction of sp³-hybridized carbons (Fsp3) is 0.429. The van der Waals surface area contributed by atoms with Gasteiger partial charge >= 0.3 is 6.03 Å². The van der Waals surface area contributed by atoms with Crippen LogP contribution < -0.4 is 5.32 Å². The molecule has 18 heavy (non-hydrogen) atoms. The zero-order valence-electron chi connectivity index (χ0n) is 10.9. The molecule has 0 spiro atoms. The average Bonchev–Trinajstić information content (AvgIpc) is 2.34. The first-order chi connectivity index (χ1) is 8.67. The van der Waals surface area contributed by atoms with Crippen LogP contribution in [0.5, 0.6) is 0 Å². The minimum absolute atomic E-state index is 0.123. The van der Waals surface area contributed by atoms with Gasteiger partial charge in [-0.2, -0.15) is 5.26 Å². The van der Waals surface area contributed by atoms with Crippen LogP contribution >= 0.6 is 0 Å². The highest BCUT2D eigenvalue weighted by atomic mass is 16.2. The van der Waals surface area contributed by atoms with Gasteiger partial charge < -0.3 is 10.2 Å². The van der Waals surface area contributed by atoms with Crippen molar-refractivity contribution in [3.8, 4) is 6.07 Å². The van der Waals surface area contributed by atoms with E-state index in [-0.39, 0.29) is 12.6 Å². The maximum absolute atomic E-state index is 12.0. The normalized spacial score (nSPS) is 9.61. The van der Waals surface area contributed by atoms with Gasteiger partial charge in [0.2, 0.25) is 0 Å². The van der Waals surface area contributed by atoms with Gasteiger partial charge in [0.1, 0.15) is 6.54 Å². The summed E-state index contributed by atoms with van der Waals surface area (Å²) < 4.78 is 0. The van der Waals surface area contributed by atoms with Crippen LogP contribution in [0, 0.1) is 18.3 Å². The van der Waals surface area contributed by atoms with Gasteiger partial charge in [-0.05, 0) is 31.0 Å². The summed E-state index contributed by atoms with van der Waals surface area (Å²) in [5.41, 5.74) is 1.85. The number of nitrogens with one attached hydrogen (secondary N) is 1. The smallest absolute Gasteiger partial charge is 0.311 e. The van der Waals surface area contributed by atoms with E-state index < -0.39 is 0 Å². The van der Waals surface area contributed by atoms with Crippen LogP contribution in [-0.4, -0.2) is 24.0 Å². The van der Waals surface area contributed by atoms with Crippen molar-refractivity contribution in [2.75, 3.05) is 18.4 Å². The monoisotopic (exact) mass is 245 g/mol. The molecule has 1 rings (SSSR count). The number of hydrogen-bond acceptors (Lipinski definition) is 2. The Morgan fingerprint density at radius 3 is 2.89 bits per heavy atom. The Bertz CT molecular complexity index is 437. The molecular formula is C14H19N3O. The molecular weight excluding hydrogens is 226 g/mol. The molecule has 0 aliphatic rings. The summed E-state index contributed by atoms with van der Waals surface area (Å²) in [5, 5.41) is 11.5. The maximum Gasteiger partial charge on any atom is 0.322 e. The van der Waals surface area contributed by atoms with Gasteiger partial charge in [-0.15, -0.1) is 0 Å². The molecule has 0 heterocycles. The van der Waals surface area contributed by atoms with Gasteiger partial charge in [0.25, 0.3) is 0 Å². The first-order valence-electron chi connectivity index (χ1n) is 6.17. The van der Waals surface area contributed by atoms with Gasteiger partial charge in [0, 0.05) is 12.2 Å². The number of carbonyl (C=O) groups excluding carboxylic acids is 1. The summed E-state index contributed by atoms with van der Waals surface area (Å²) >= 11 is 0. The van der Waals surface area contributed by atoms with Crippen molar-refractivity contribution in [3.63, 3.8) is 0 Å². The van der Waals surface area contributed by atoms with Crippen LogP contribution in [0.4, 0.5) is 10.5 Å². The molecule has 0 bridgehead atoms. The maximum atomic E-state index is 12.0. The second-order valence-corrected chi connectivity index (χ2v) is 4.23. The molecule has 4 heteroatoms. The van der Waals surface area contributed by atoms with E-state index in [0.717, 1.165) is 24.1 Å². The number of benzene rings is 1. The van der Waals surface area contributed by atoms with Crippen molar-refractivity contribution in [3.05, 3.63) is 29.8 Å². The minimum atomic E-state index is -0.212. The van der Waals surface area contributed by atoms with Crippen LogP contribution in [0.25, 0.3) is 0 Å². The van der Waals surface area contributed by atoms with E-state index in [4.69, 9.17) is 5.26 Å². The SMILES string of the molecule is CCCCN(CC#N)C(=O)Nc1cccc(C)c1. The highest BCUT2D eigenvalue weighted by molar-refractivity contribution is 5.89. The molecule has 0 aromatic heterocycles. The predicted molar refractivity (Wildman–Crippen MR) is 72.3 cm³/mol. The van der Waals surface area contributed by atoms with Crippen molar-refractivity contribution in [1.82, 2.24) is 4.90 Å². The summed E-state index contributed by atoms with van der Waals surface area (Å²) in [6.07, 6.45) is 1.91. The Labute approximate surface area is 108 Å². The number of urea groups is 1. The zero-order chi connectivity index (χ0) is 13.4. The fourth-order valence-corrected chi connectivity index (χ4v) is 1.61. The zero-order valence-corrected chi connectivity index (χ0v) is 10.9. The second-order valence-electron chi connectivity index (χ2n) is 4.23. The topological polar surface area (TPSA) is 56.1 Å². The minimum Gasteiger partial charge on any atom is -0.311 e. The molecule has 0 aliphatic carbocycles. The van der Waals surface area contributed by atoms with E-state index in [9.17, 15) is 4.79 Å². The van der Waals surface area contributed by atoms with E-state index in [0.29, 0.717) is 6.54 Å². The molecule has 1 aromatic rings.